The molecule has 1 aliphatic carbocycles. The molecule has 2 fully saturated rings. The van der Waals surface area contributed by atoms with Crippen molar-refractivity contribution in [1.29, 1.82) is 0 Å². The van der Waals surface area contributed by atoms with Crippen LogP contribution in [0.4, 0.5) is 0 Å². The molecular formula is C26H32BrN3O3. The Morgan fingerprint density at radius 3 is 2.82 bits per heavy atom. The minimum Gasteiger partial charge on any atom is -0.381 e. The minimum atomic E-state index is -0.167. The highest BCUT2D eigenvalue weighted by atomic mass is 79.9. The minimum absolute atomic E-state index is 0.0283. The molecular weight excluding hydrogens is 482 g/mol. The van der Waals surface area contributed by atoms with Crippen LogP contribution in [0.2, 0.25) is 0 Å². The fourth-order valence-electron chi connectivity index (χ4n) is 4.64. The van der Waals surface area contributed by atoms with E-state index >= 15 is 0 Å². The molecule has 0 spiro atoms. The number of amides is 1. The van der Waals surface area contributed by atoms with E-state index in [1.807, 2.05) is 18.2 Å². The normalized spacial score (nSPS) is 20.8. The molecule has 2 heterocycles. The number of carbonyl (C=O) groups is 1. The Morgan fingerprint density at radius 2 is 2.09 bits per heavy atom. The zero-order valence-corrected chi connectivity index (χ0v) is 20.9. The highest BCUT2D eigenvalue weighted by molar-refractivity contribution is 9.10. The second kappa shape index (κ2) is 10.8. The van der Waals surface area contributed by atoms with E-state index in [1.54, 1.807) is 31.0 Å². The van der Waals surface area contributed by atoms with Crippen LogP contribution in [0.3, 0.4) is 0 Å². The fourth-order valence-corrected chi connectivity index (χ4v) is 5.20. The highest BCUT2D eigenvalue weighted by Crippen LogP contribution is 2.36. The van der Waals surface area contributed by atoms with E-state index in [2.05, 4.69) is 44.3 Å². The Balaban J connectivity index is 1.57. The summed E-state index contributed by atoms with van der Waals surface area (Å²) in [5.74, 6) is 0.0791. The van der Waals surface area contributed by atoms with Crippen LogP contribution in [0, 0.1) is 5.92 Å². The molecule has 1 N–H and O–H groups in total. The molecule has 33 heavy (non-hydrogen) atoms. The second-order valence-electron chi connectivity index (χ2n) is 9.06. The van der Waals surface area contributed by atoms with Crippen molar-refractivity contribution in [3.8, 4) is 0 Å². The maximum Gasteiger partial charge on any atom is 0.250 e. The molecule has 1 saturated carbocycles. The van der Waals surface area contributed by atoms with Crippen LogP contribution in [-0.2, 0) is 23.1 Å². The van der Waals surface area contributed by atoms with Gasteiger partial charge in [0.15, 0.2) is 0 Å². The van der Waals surface area contributed by atoms with Crippen molar-refractivity contribution < 1.29 is 9.53 Å². The van der Waals surface area contributed by atoms with Crippen LogP contribution in [0.25, 0.3) is 6.08 Å². The molecule has 0 radical (unpaired) electrons. The van der Waals surface area contributed by atoms with Gasteiger partial charge in [-0.2, -0.15) is 0 Å². The Hall–Kier alpha value is -2.22. The number of nitrogens with one attached hydrogen (secondary N) is 1. The number of pyridine rings is 1. The SMILES string of the molecule is COCC=Cc1cc(Br)cc(CN(C(=O)[C@H]2CNCCC2c2ccn(C)c(=O)c2)C2CC2)c1. The van der Waals surface area contributed by atoms with Crippen molar-refractivity contribution in [3.05, 3.63) is 74.1 Å². The third-order valence-electron chi connectivity index (χ3n) is 6.53. The molecule has 6 nitrogen and oxygen atoms in total. The lowest BCUT2D eigenvalue weighted by atomic mass is 9.80. The summed E-state index contributed by atoms with van der Waals surface area (Å²) in [6.07, 6.45) is 8.79. The molecule has 2 atom stereocenters. The van der Waals surface area contributed by atoms with Crippen LogP contribution in [0.5, 0.6) is 0 Å². The lowest BCUT2D eigenvalue weighted by Gasteiger charge is -2.35. The Bertz CT molecular complexity index is 1080. The molecule has 1 aliphatic heterocycles. The molecule has 1 amide bonds. The van der Waals surface area contributed by atoms with Gasteiger partial charge in [-0.05, 0) is 72.7 Å². The molecule has 176 valence electrons. The van der Waals surface area contributed by atoms with Crippen LogP contribution in [0.1, 0.15) is 41.9 Å². The third-order valence-corrected chi connectivity index (χ3v) is 6.99. The largest absolute Gasteiger partial charge is 0.381 e. The number of rotatable bonds is 8. The summed E-state index contributed by atoms with van der Waals surface area (Å²) in [4.78, 5) is 28.2. The first-order valence-corrected chi connectivity index (χ1v) is 12.4. The van der Waals surface area contributed by atoms with Crippen LogP contribution in [-0.4, -0.2) is 48.2 Å². The monoisotopic (exact) mass is 513 g/mol. The number of piperidine rings is 1. The van der Waals surface area contributed by atoms with E-state index in [1.165, 1.54) is 0 Å². The number of methoxy groups -OCH3 is 1. The van der Waals surface area contributed by atoms with Gasteiger partial charge in [0.1, 0.15) is 0 Å². The number of benzene rings is 1. The Morgan fingerprint density at radius 1 is 1.27 bits per heavy atom. The molecule has 4 rings (SSSR count). The van der Waals surface area contributed by atoms with E-state index < -0.39 is 0 Å². The van der Waals surface area contributed by atoms with E-state index in [0.29, 0.717) is 25.7 Å². The summed E-state index contributed by atoms with van der Waals surface area (Å²) in [5, 5.41) is 3.41. The molecule has 1 aromatic heterocycles. The number of halogens is 1. The fraction of sp³-hybridized carbons (Fsp3) is 0.462. The molecule has 1 unspecified atom stereocenters. The summed E-state index contributed by atoms with van der Waals surface area (Å²) >= 11 is 3.62. The van der Waals surface area contributed by atoms with Crippen molar-refractivity contribution in [3.63, 3.8) is 0 Å². The maximum atomic E-state index is 13.9. The number of nitrogens with zero attached hydrogens (tertiary/aromatic N) is 2. The van der Waals surface area contributed by atoms with E-state index in [4.69, 9.17) is 4.74 Å². The van der Waals surface area contributed by atoms with Gasteiger partial charge in [-0.3, -0.25) is 9.59 Å². The second-order valence-corrected chi connectivity index (χ2v) is 9.98. The van der Waals surface area contributed by atoms with Gasteiger partial charge in [0.25, 0.3) is 5.56 Å². The topological polar surface area (TPSA) is 63.6 Å². The summed E-state index contributed by atoms with van der Waals surface area (Å²) < 4.78 is 7.68. The van der Waals surface area contributed by atoms with Gasteiger partial charge in [0, 0.05) is 50.0 Å². The van der Waals surface area contributed by atoms with E-state index in [9.17, 15) is 9.59 Å². The van der Waals surface area contributed by atoms with Crippen LogP contribution < -0.4 is 10.9 Å². The molecule has 2 aromatic rings. The van der Waals surface area contributed by atoms with Crippen molar-refractivity contribution in [2.45, 2.75) is 37.8 Å². The Kier molecular flexibility index (Phi) is 7.83. The molecule has 1 aromatic carbocycles. The lowest BCUT2D eigenvalue weighted by molar-refractivity contribution is -0.138. The highest BCUT2D eigenvalue weighted by Gasteiger charge is 2.40. The number of carbonyl (C=O) groups excluding carboxylic acids is 1. The molecule has 7 heteroatoms. The summed E-state index contributed by atoms with van der Waals surface area (Å²) in [7, 11) is 3.43. The van der Waals surface area contributed by atoms with Gasteiger partial charge in [0.05, 0.1) is 12.5 Å². The van der Waals surface area contributed by atoms with Gasteiger partial charge in [-0.15, -0.1) is 0 Å². The van der Waals surface area contributed by atoms with Crippen molar-refractivity contribution in [2.75, 3.05) is 26.8 Å². The Labute approximate surface area is 203 Å². The number of aryl methyl sites for hydroxylation is 1. The predicted octanol–water partition coefficient (Wildman–Crippen LogP) is 3.69. The summed E-state index contributed by atoms with van der Waals surface area (Å²) in [5.41, 5.74) is 3.13. The van der Waals surface area contributed by atoms with E-state index in [0.717, 1.165) is 47.0 Å². The number of hydrogen-bond acceptors (Lipinski definition) is 4. The maximum absolute atomic E-state index is 13.9. The van der Waals surface area contributed by atoms with Crippen molar-refractivity contribution >= 4 is 27.9 Å². The first-order chi connectivity index (χ1) is 16.0. The lowest BCUT2D eigenvalue weighted by Crippen LogP contribution is -2.47. The summed E-state index contributed by atoms with van der Waals surface area (Å²) in [6, 6.07) is 10.3. The zero-order chi connectivity index (χ0) is 23.4. The average Bonchev–Trinajstić information content (AvgIpc) is 3.64. The number of hydrogen-bond donors (Lipinski definition) is 1. The van der Waals surface area contributed by atoms with Crippen molar-refractivity contribution in [1.82, 2.24) is 14.8 Å². The summed E-state index contributed by atoms with van der Waals surface area (Å²) in [6.45, 7) is 2.66. The smallest absolute Gasteiger partial charge is 0.250 e. The molecule has 1 saturated heterocycles. The number of ether oxygens (including phenoxy) is 1. The molecule has 0 bridgehead atoms. The number of aromatic nitrogens is 1. The van der Waals surface area contributed by atoms with Gasteiger partial charge in [0.2, 0.25) is 5.91 Å². The van der Waals surface area contributed by atoms with Crippen molar-refractivity contribution in [2.24, 2.45) is 13.0 Å². The van der Waals surface area contributed by atoms with Gasteiger partial charge < -0.3 is 19.5 Å². The van der Waals surface area contributed by atoms with E-state index in [-0.39, 0.29) is 23.3 Å². The van der Waals surface area contributed by atoms with Gasteiger partial charge in [-0.25, -0.2) is 0 Å². The van der Waals surface area contributed by atoms with Crippen LogP contribution in [0.15, 0.2) is 51.9 Å². The first kappa shape index (κ1) is 23.9. The van der Waals surface area contributed by atoms with Gasteiger partial charge >= 0.3 is 0 Å². The molecule has 2 aliphatic rings. The standard InChI is InChI=1S/C26H32BrN3O3/c1-29-10-8-20(15-25(29)31)23-7-9-28-16-24(23)26(32)30(22-5-6-22)17-19-12-18(4-3-11-33-2)13-21(27)14-19/h3-4,8,10,12-15,22-24,28H,5-7,9,11,16-17H2,1-2H3/t23?,24-/m0/s1. The third kappa shape index (κ3) is 6.02. The zero-order valence-electron chi connectivity index (χ0n) is 19.3. The predicted molar refractivity (Wildman–Crippen MR) is 134 cm³/mol. The quantitative estimate of drug-likeness (QED) is 0.584. The first-order valence-electron chi connectivity index (χ1n) is 11.6. The van der Waals surface area contributed by atoms with Crippen LogP contribution >= 0.6 is 15.9 Å². The average molecular weight is 514 g/mol. The van der Waals surface area contributed by atoms with Gasteiger partial charge in [-0.1, -0.05) is 28.1 Å².